The predicted octanol–water partition coefficient (Wildman–Crippen LogP) is 1.22. The first kappa shape index (κ1) is 13.4. The Balaban J connectivity index is 1.85. The van der Waals surface area contributed by atoms with Crippen molar-refractivity contribution in [2.75, 3.05) is 18.4 Å². The molecule has 1 unspecified atom stereocenters. The zero-order valence-corrected chi connectivity index (χ0v) is 11.7. The largest absolute Gasteiger partial charge is 0.367 e. The maximum absolute atomic E-state index is 11.7. The molecule has 1 aliphatic carbocycles. The average Bonchev–Trinajstić information content (AvgIpc) is 2.73. The van der Waals surface area contributed by atoms with Gasteiger partial charge >= 0.3 is 0 Å². The third kappa shape index (κ3) is 2.77. The van der Waals surface area contributed by atoms with Crippen LogP contribution in [0, 0.1) is 0 Å². The van der Waals surface area contributed by atoms with E-state index in [2.05, 4.69) is 15.6 Å². The molecular weight excluding hydrogens is 252 g/mol. The minimum atomic E-state index is -0.388. The predicted molar refractivity (Wildman–Crippen MR) is 78.9 cm³/mol. The summed E-state index contributed by atoms with van der Waals surface area (Å²) in [6.45, 7) is 2.08. The number of primary amides is 1. The number of rotatable bonds is 3. The number of carbonyl (C=O) groups is 1. The topological polar surface area (TPSA) is 80.0 Å². The van der Waals surface area contributed by atoms with E-state index in [-0.39, 0.29) is 5.91 Å². The van der Waals surface area contributed by atoms with Crippen LogP contribution in [0.4, 0.5) is 5.82 Å². The van der Waals surface area contributed by atoms with E-state index in [1.165, 1.54) is 5.56 Å². The Labute approximate surface area is 119 Å². The molecule has 1 atom stereocenters. The van der Waals surface area contributed by atoms with E-state index in [0.717, 1.165) is 57.3 Å². The van der Waals surface area contributed by atoms with Crippen LogP contribution in [-0.2, 0) is 12.8 Å². The molecule has 1 saturated heterocycles. The van der Waals surface area contributed by atoms with Gasteiger partial charge in [-0.2, -0.15) is 0 Å². The van der Waals surface area contributed by atoms with Crippen LogP contribution in [0.2, 0.25) is 0 Å². The number of anilines is 1. The summed E-state index contributed by atoms with van der Waals surface area (Å²) in [5.74, 6) is 0.298. The number of carbonyl (C=O) groups excluding carboxylic acids is 1. The molecule has 0 bridgehead atoms. The number of pyridine rings is 1. The number of fused-ring (bicyclic) bond motifs is 1. The van der Waals surface area contributed by atoms with Gasteiger partial charge in [0.2, 0.25) is 0 Å². The van der Waals surface area contributed by atoms with Gasteiger partial charge in [0.15, 0.2) is 0 Å². The normalized spacial score (nSPS) is 22.1. The monoisotopic (exact) mass is 274 g/mol. The van der Waals surface area contributed by atoms with Gasteiger partial charge < -0.3 is 16.4 Å². The van der Waals surface area contributed by atoms with Crippen molar-refractivity contribution in [3.05, 3.63) is 22.9 Å². The summed E-state index contributed by atoms with van der Waals surface area (Å²) < 4.78 is 0. The maximum atomic E-state index is 11.7. The number of nitrogens with one attached hydrogen (secondary N) is 2. The zero-order valence-electron chi connectivity index (χ0n) is 11.7. The lowest BCUT2D eigenvalue weighted by Gasteiger charge is -2.19. The lowest BCUT2D eigenvalue weighted by molar-refractivity contribution is 0.100. The van der Waals surface area contributed by atoms with Gasteiger partial charge in [-0.1, -0.05) is 0 Å². The molecule has 3 rings (SSSR count). The molecule has 1 aromatic heterocycles. The first-order valence-electron chi connectivity index (χ1n) is 7.54. The van der Waals surface area contributed by atoms with Crippen molar-refractivity contribution in [1.82, 2.24) is 10.3 Å². The van der Waals surface area contributed by atoms with E-state index in [1.54, 1.807) is 0 Å². The molecule has 0 saturated carbocycles. The Bertz CT molecular complexity index is 507. The molecule has 108 valence electrons. The quantitative estimate of drug-likeness (QED) is 0.774. The lowest BCUT2D eigenvalue weighted by atomic mass is 10.1. The van der Waals surface area contributed by atoms with Crippen LogP contribution in [0.5, 0.6) is 0 Å². The lowest BCUT2D eigenvalue weighted by Crippen LogP contribution is -2.25. The first-order valence-corrected chi connectivity index (χ1v) is 7.54. The molecule has 0 radical (unpaired) electrons. The second-order valence-electron chi connectivity index (χ2n) is 5.73. The smallest absolute Gasteiger partial charge is 0.252 e. The van der Waals surface area contributed by atoms with Gasteiger partial charge in [-0.05, 0) is 63.2 Å². The highest BCUT2D eigenvalue weighted by Gasteiger charge is 2.21. The van der Waals surface area contributed by atoms with Gasteiger partial charge in [-0.3, -0.25) is 4.79 Å². The Morgan fingerprint density at radius 3 is 3.05 bits per heavy atom. The van der Waals surface area contributed by atoms with Crippen LogP contribution < -0.4 is 16.4 Å². The van der Waals surface area contributed by atoms with E-state index in [0.29, 0.717) is 17.4 Å². The highest BCUT2D eigenvalue weighted by Crippen LogP contribution is 2.26. The summed E-state index contributed by atoms with van der Waals surface area (Å²) in [5, 5.41) is 6.84. The number of hydrogen-bond donors (Lipinski definition) is 3. The van der Waals surface area contributed by atoms with Gasteiger partial charge in [-0.25, -0.2) is 4.98 Å². The Kier molecular flexibility index (Phi) is 3.87. The van der Waals surface area contributed by atoms with Gasteiger partial charge in [0.05, 0.1) is 5.56 Å². The van der Waals surface area contributed by atoms with Crippen molar-refractivity contribution in [3.63, 3.8) is 0 Å². The van der Waals surface area contributed by atoms with Gasteiger partial charge in [0.1, 0.15) is 5.82 Å². The number of hydrogen-bond acceptors (Lipinski definition) is 4. The number of aromatic nitrogens is 1. The van der Waals surface area contributed by atoms with E-state index < -0.39 is 0 Å². The molecule has 0 aromatic carbocycles. The SMILES string of the molecule is NC(=O)c1cc2c(nc1NC1CCCNCC1)CCC2. The molecule has 4 N–H and O–H groups in total. The number of amides is 1. The van der Waals surface area contributed by atoms with Crippen LogP contribution in [-0.4, -0.2) is 30.0 Å². The molecular formula is C15H22N4O. The highest BCUT2D eigenvalue weighted by atomic mass is 16.1. The first-order chi connectivity index (χ1) is 9.74. The van der Waals surface area contributed by atoms with Crippen LogP contribution >= 0.6 is 0 Å². The van der Waals surface area contributed by atoms with Crippen molar-refractivity contribution in [2.45, 2.75) is 44.6 Å². The zero-order chi connectivity index (χ0) is 13.9. The fourth-order valence-electron chi connectivity index (χ4n) is 3.13. The summed E-state index contributed by atoms with van der Waals surface area (Å²) in [4.78, 5) is 16.3. The molecule has 1 amide bonds. The third-order valence-electron chi connectivity index (χ3n) is 4.23. The second-order valence-corrected chi connectivity index (χ2v) is 5.73. The van der Waals surface area contributed by atoms with Gasteiger partial charge in [0.25, 0.3) is 5.91 Å². The summed E-state index contributed by atoms with van der Waals surface area (Å²) in [5.41, 5.74) is 8.37. The summed E-state index contributed by atoms with van der Waals surface area (Å²) in [7, 11) is 0. The van der Waals surface area contributed by atoms with E-state index in [1.807, 2.05) is 6.07 Å². The Hall–Kier alpha value is -1.62. The Morgan fingerprint density at radius 1 is 1.30 bits per heavy atom. The van der Waals surface area contributed by atoms with Crippen molar-refractivity contribution in [3.8, 4) is 0 Å². The van der Waals surface area contributed by atoms with E-state index in [4.69, 9.17) is 5.73 Å². The van der Waals surface area contributed by atoms with E-state index in [9.17, 15) is 4.79 Å². The van der Waals surface area contributed by atoms with E-state index >= 15 is 0 Å². The summed E-state index contributed by atoms with van der Waals surface area (Å²) >= 11 is 0. The number of nitrogens with two attached hydrogens (primary N) is 1. The van der Waals surface area contributed by atoms with Gasteiger partial charge in [-0.15, -0.1) is 0 Å². The van der Waals surface area contributed by atoms with Gasteiger partial charge in [0, 0.05) is 11.7 Å². The second kappa shape index (κ2) is 5.79. The molecule has 5 nitrogen and oxygen atoms in total. The standard InChI is InChI=1S/C15H22N4O/c16-14(20)12-9-10-3-1-5-13(10)19-15(12)18-11-4-2-7-17-8-6-11/h9,11,17H,1-8H2,(H2,16,20)(H,18,19). The number of aryl methyl sites for hydroxylation is 2. The van der Waals surface area contributed by atoms with Crippen LogP contribution in [0.25, 0.3) is 0 Å². The van der Waals surface area contributed by atoms with Crippen LogP contribution in [0.15, 0.2) is 6.07 Å². The van der Waals surface area contributed by atoms with Crippen molar-refractivity contribution < 1.29 is 4.79 Å². The molecule has 5 heteroatoms. The minimum absolute atomic E-state index is 0.370. The van der Waals surface area contributed by atoms with Crippen molar-refractivity contribution in [1.29, 1.82) is 0 Å². The summed E-state index contributed by atoms with van der Waals surface area (Å²) in [6, 6.07) is 2.31. The maximum Gasteiger partial charge on any atom is 0.252 e. The molecule has 1 fully saturated rings. The molecule has 0 spiro atoms. The minimum Gasteiger partial charge on any atom is -0.367 e. The van der Waals surface area contributed by atoms with Crippen molar-refractivity contribution in [2.24, 2.45) is 5.73 Å². The van der Waals surface area contributed by atoms with Crippen LogP contribution in [0.1, 0.15) is 47.3 Å². The molecule has 1 aliphatic heterocycles. The molecule has 1 aromatic rings. The Morgan fingerprint density at radius 2 is 2.20 bits per heavy atom. The molecule has 20 heavy (non-hydrogen) atoms. The van der Waals surface area contributed by atoms with Crippen molar-refractivity contribution >= 4 is 11.7 Å². The summed E-state index contributed by atoms with van der Waals surface area (Å²) in [6.07, 6.45) is 6.44. The average molecular weight is 274 g/mol. The fourth-order valence-corrected chi connectivity index (χ4v) is 3.13. The third-order valence-corrected chi connectivity index (χ3v) is 4.23. The number of nitrogens with zero attached hydrogens (tertiary/aromatic N) is 1. The van der Waals surface area contributed by atoms with Crippen LogP contribution in [0.3, 0.4) is 0 Å². The molecule has 2 aliphatic rings. The molecule has 2 heterocycles. The highest BCUT2D eigenvalue weighted by molar-refractivity contribution is 5.97. The fraction of sp³-hybridized carbons (Fsp3) is 0.600.